The third-order valence-corrected chi connectivity index (χ3v) is 7.51. The Labute approximate surface area is 183 Å². The van der Waals surface area contributed by atoms with Gasteiger partial charge < -0.3 is 5.32 Å². The zero-order valence-corrected chi connectivity index (χ0v) is 17.9. The van der Waals surface area contributed by atoms with Gasteiger partial charge in [0.2, 0.25) is 5.91 Å². The molecule has 3 heterocycles. The third-order valence-electron chi connectivity index (χ3n) is 5.76. The Kier molecular flexibility index (Phi) is 6.23. The molecular formula is C19H23F3N6O3S. The average molecular weight is 472 g/mol. The summed E-state index contributed by atoms with van der Waals surface area (Å²) in [5.41, 5.74) is -0.613. The van der Waals surface area contributed by atoms with Gasteiger partial charge in [-0.1, -0.05) is 0 Å². The summed E-state index contributed by atoms with van der Waals surface area (Å²) in [4.78, 5) is 20.4. The molecule has 1 atom stereocenters. The molecule has 0 saturated carbocycles. The van der Waals surface area contributed by atoms with Crippen LogP contribution in [0.25, 0.3) is 5.69 Å². The van der Waals surface area contributed by atoms with E-state index in [0.29, 0.717) is 32.6 Å². The van der Waals surface area contributed by atoms with Crippen LogP contribution < -0.4 is 5.32 Å². The van der Waals surface area contributed by atoms with E-state index >= 15 is 0 Å². The minimum Gasteiger partial charge on any atom is -0.323 e. The fourth-order valence-electron chi connectivity index (χ4n) is 4.09. The van der Waals surface area contributed by atoms with Gasteiger partial charge in [0, 0.05) is 32.2 Å². The quantitative estimate of drug-likeness (QED) is 0.694. The number of rotatable bonds is 5. The lowest BCUT2D eigenvalue weighted by atomic mass is 10.1. The highest BCUT2D eigenvalue weighted by atomic mass is 32.2. The van der Waals surface area contributed by atoms with E-state index in [1.54, 1.807) is 0 Å². The van der Waals surface area contributed by atoms with Gasteiger partial charge in [0.05, 0.1) is 35.0 Å². The highest BCUT2D eigenvalue weighted by Crippen LogP contribution is 2.33. The molecule has 1 aromatic heterocycles. The molecular weight excluding hydrogens is 449 g/mol. The van der Waals surface area contributed by atoms with Crippen LogP contribution in [0.15, 0.2) is 30.9 Å². The Morgan fingerprint density at radius 2 is 1.94 bits per heavy atom. The Hall–Kier alpha value is -2.51. The largest absolute Gasteiger partial charge is 0.416 e. The Morgan fingerprint density at radius 3 is 2.53 bits per heavy atom. The van der Waals surface area contributed by atoms with Crippen molar-refractivity contribution in [2.75, 3.05) is 49.5 Å². The summed E-state index contributed by atoms with van der Waals surface area (Å²) in [5, 5.41) is 6.51. The lowest BCUT2D eigenvalue weighted by Crippen LogP contribution is -2.52. The molecule has 2 saturated heterocycles. The fourth-order valence-corrected chi connectivity index (χ4v) is 5.85. The SMILES string of the molecule is O=C(CN1CCN([C@@H]2CCS(=O)(=O)C2)CC1)Nc1cc(C(F)(F)F)ccc1-n1cncn1. The summed E-state index contributed by atoms with van der Waals surface area (Å²) in [6, 6.07) is 3.07. The van der Waals surface area contributed by atoms with Gasteiger partial charge in [-0.05, 0) is 24.6 Å². The number of alkyl halides is 3. The number of benzene rings is 1. The van der Waals surface area contributed by atoms with Crippen molar-refractivity contribution < 1.29 is 26.4 Å². The number of sulfone groups is 1. The zero-order valence-electron chi connectivity index (χ0n) is 17.1. The number of nitrogens with zero attached hydrogens (tertiary/aromatic N) is 5. The summed E-state index contributed by atoms with van der Waals surface area (Å²) < 4.78 is 64.2. The van der Waals surface area contributed by atoms with Crippen molar-refractivity contribution in [2.24, 2.45) is 0 Å². The molecule has 2 aliphatic rings. The molecule has 174 valence electrons. The minimum atomic E-state index is -4.55. The van der Waals surface area contributed by atoms with Gasteiger partial charge in [0.25, 0.3) is 0 Å². The minimum absolute atomic E-state index is 0.00915. The maximum absolute atomic E-state index is 13.2. The van der Waals surface area contributed by atoms with Crippen LogP contribution in [0, 0.1) is 0 Å². The number of hydrogen-bond donors (Lipinski definition) is 1. The van der Waals surface area contributed by atoms with Crippen LogP contribution in [0.1, 0.15) is 12.0 Å². The first kappa shape index (κ1) is 22.7. The van der Waals surface area contributed by atoms with E-state index in [9.17, 15) is 26.4 Å². The van der Waals surface area contributed by atoms with Crippen LogP contribution in [0.3, 0.4) is 0 Å². The molecule has 9 nitrogen and oxygen atoms in total. The summed E-state index contributed by atoms with van der Waals surface area (Å²) in [6.45, 7) is 2.44. The summed E-state index contributed by atoms with van der Waals surface area (Å²) in [7, 11) is -2.96. The molecule has 1 N–H and O–H groups in total. The maximum Gasteiger partial charge on any atom is 0.416 e. The summed E-state index contributed by atoms with van der Waals surface area (Å²) in [6.07, 6.45) is -1.34. The number of carbonyl (C=O) groups excluding carboxylic acids is 1. The molecule has 2 fully saturated rings. The number of carbonyl (C=O) groups is 1. The third kappa shape index (κ3) is 5.27. The topological polar surface area (TPSA) is 100 Å². The van der Waals surface area contributed by atoms with E-state index in [-0.39, 0.29) is 35.5 Å². The first-order valence-electron chi connectivity index (χ1n) is 10.1. The second kappa shape index (κ2) is 8.79. The van der Waals surface area contributed by atoms with Gasteiger partial charge in [-0.25, -0.2) is 18.1 Å². The summed E-state index contributed by atoms with van der Waals surface area (Å²) in [5.74, 6) is -0.0537. The number of piperazine rings is 1. The van der Waals surface area contributed by atoms with E-state index in [2.05, 4.69) is 20.3 Å². The van der Waals surface area contributed by atoms with Crippen LogP contribution in [-0.2, 0) is 20.8 Å². The van der Waals surface area contributed by atoms with Gasteiger partial charge >= 0.3 is 6.18 Å². The van der Waals surface area contributed by atoms with Crippen molar-refractivity contribution in [1.29, 1.82) is 0 Å². The number of halogens is 3. The van der Waals surface area contributed by atoms with Crippen molar-refractivity contribution in [3.8, 4) is 5.69 Å². The van der Waals surface area contributed by atoms with Gasteiger partial charge in [0.15, 0.2) is 9.84 Å². The van der Waals surface area contributed by atoms with Crippen molar-refractivity contribution in [2.45, 2.75) is 18.6 Å². The Bertz CT molecular complexity index is 1070. The number of anilines is 1. The second-order valence-electron chi connectivity index (χ2n) is 7.99. The Morgan fingerprint density at radius 1 is 1.19 bits per heavy atom. The smallest absolute Gasteiger partial charge is 0.323 e. The number of amides is 1. The molecule has 0 bridgehead atoms. The summed E-state index contributed by atoms with van der Waals surface area (Å²) >= 11 is 0. The van der Waals surface area contributed by atoms with Crippen molar-refractivity contribution in [3.05, 3.63) is 36.4 Å². The molecule has 2 aromatic rings. The molecule has 0 unspecified atom stereocenters. The van der Waals surface area contributed by atoms with E-state index < -0.39 is 27.5 Å². The maximum atomic E-state index is 13.2. The predicted octanol–water partition coefficient (Wildman–Crippen LogP) is 1.03. The molecule has 2 aliphatic heterocycles. The van der Waals surface area contributed by atoms with E-state index in [4.69, 9.17) is 0 Å². The van der Waals surface area contributed by atoms with Gasteiger partial charge in [-0.3, -0.25) is 14.6 Å². The monoisotopic (exact) mass is 472 g/mol. The van der Waals surface area contributed by atoms with Crippen molar-refractivity contribution >= 4 is 21.4 Å². The highest BCUT2D eigenvalue weighted by molar-refractivity contribution is 7.91. The predicted molar refractivity (Wildman–Crippen MR) is 110 cm³/mol. The lowest BCUT2D eigenvalue weighted by molar-refractivity contribution is -0.137. The first-order chi connectivity index (χ1) is 15.1. The van der Waals surface area contributed by atoms with Gasteiger partial charge in [0.1, 0.15) is 12.7 Å². The molecule has 13 heteroatoms. The van der Waals surface area contributed by atoms with E-state index in [1.807, 2.05) is 4.90 Å². The highest BCUT2D eigenvalue weighted by Gasteiger charge is 2.34. The fraction of sp³-hybridized carbons (Fsp3) is 0.526. The number of hydrogen-bond acceptors (Lipinski definition) is 7. The van der Waals surface area contributed by atoms with Crippen molar-refractivity contribution in [3.63, 3.8) is 0 Å². The molecule has 1 aromatic carbocycles. The number of aromatic nitrogens is 3. The van der Waals surface area contributed by atoms with Crippen LogP contribution in [-0.4, -0.2) is 89.2 Å². The first-order valence-corrected chi connectivity index (χ1v) is 12.0. The second-order valence-corrected chi connectivity index (χ2v) is 10.2. The van der Waals surface area contributed by atoms with Crippen LogP contribution in [0.4, 0.5) is 18.9 Å². The van der Waals surface area contributed by atoms with Crippen LogP contribution >= 0.6 is 0 Å². The van der Waals surface area contributed by atoms with Crippen molar-refractivity contribution in [1.82, 2.24) is 24.6 Å². The average Bonchev–Trinajstić information content (AvgIpc) is 3.37. The normalized spacial score (nSPS) is 22.2. The van der Waals surface area contributed by atoms with E-state index in [1.165, 1.54) is 23.4 Å². The molecule has 32 heavy (non-hydrogen) atoms. The molecule has 1 amide bonds. The lowest BCUT2D eigenvalue weighted by Gasteiger charge is -2.37. The van der Waals surface area contributed by atoms with Gasteiger partial charge in [-0.2, -0.15) is 18.3 Å². The molecule has 0 spiro atoms. The molecule has 0 aliphatic carbocycles. The number of nitrogens with one attached hydrogen (secondary N) is 1. The van der Waals surface area contributed by atoms with E-state index in [0.717, 1.165) is 12.1 Å². The van der Waals surface area contributed by atoms with Gasteiger partial charge in [-0.15, -0.1) is 0 Å². The Balaban J connectivity index is 1.39. The molecule has 4 rings (SSSR count). The zero-order chi connectivity index (χ0) is 22.9. The van der Waals surface area contributed by atoms with Crippen LogP contribution in [0.2, 0.25) is 0 Å². The standard InChI is InChI=1S/C19H23F3N6O3S/c20-19(21,22)14-1-2-17(28-13-23-12-24-28)16(9-14)25-18(29)10-26-4-6-27(7-5-26)15-3-8-32(30,31)11-15/h1-2,9,12-13,15H,3-8,10-11H2,(H,25,29)/t15-/m1/s1. The van der Waals surface area contributed by atoms with Crippen LogP contribution in [0.5, 0.6) is 0 Å². The molecule has 0 radical (unpaired) electrons.